The van der Waals surface area contributed by atoms with Crippen molar-refractivity contribution in [1.29, 1.82) is 0 Å². The van der Waals surface area contributed by atoms with Gasteiger partial charge in [0, 0.05) is 18.9 Å². The second-order valence-electron chi connectivity index (χ2n) is 3.94. The van der Waals surface area contributed by atoms with E-state index in [9.17, 15) is 0 Å². The fourth-order valence-electron chi connectivity index (χ4n) is 2.08. The van der Waals surface area contributed by atoms with Crippen LogP contribution in [0.2, 0.25) is 0 Å². The zero-order chi connectivity index (χ0) is 9.64. The first-order chi connectivity index (χ1) is 6.95. The zero-order valence-electron chi connectivity index (χ0n) is 8.45. The molecule has 1 N–H and O–H groups in total. The minimum atomic E-state index is 0.755. The van der Waals surface area contributed by atoms with Crippen molar-refractivity contribution in [1.82, 2.24) is 9.97 Å². The topological polar surface area (TPSA) is 37.8 Å². The third kappa shape index (κ3) is 2.69. The van der Waals surface area contributed by atoms with Gasteiger partial charge in [-0.05, 0) is 18.4 Å². The van der Waals surface area contributed by atoms with Crippen LogP contribution in [0.5, 0.6) is 0 Å². The molecule has 0 atom stereocenters. The van der Waals surface area contributed by atoms with E-state index in [0.717, 1.165) is 18.4 Å². The molecule has 0 saturated heterocycles. The van der Waals surface area contributed by atoms with Crippen LogP contribution >= 0.6 is 0 Å². The molecule has 0 radical (unpaired) electrons. The lowest BCUT2D eigenvalue weighted by Gasteiger charge is -2.08. The van der Waals surface area contributed by atoms with Crippen LogP contribution in [-0.2, 0) is 0 Å². The average Bonchev–Trinajstić information content (AvgIpc) is 2.72. The van der Waals surface area contributed by atoms with E-state index in [2.05, 4.69) is 15.3 Å². The quantitative estimate of drug-likeness (QED) is 0.794. The monoisotopic (exact) mass is 191 g/mol. The molecule has 1 aromatic rings. The lowest BCUT2D eigenvalue weighted by atomic mass is 10.0. The second-order valence-corrected chi connectivity index (χ2v) is 3.94. The minimum Gasteiger partial charge on any atom is -0.354 e. The predicted octanol–water partition coefficient (Wildman–Crippen LogP) is 2.47. The van der Waals surface area contributed by atoms with Crippen molar-refractivity contribution in [2.75, 3.05) is 11.9 Å². The molecule has 1 fully saturated rings. The van der Waals surface area contributed by atoms with Crippen molar-refractivity contribution in [3.05, 3.63) is 18.5 Å². The lowest BCUT2D eigenvalue weighted by molar-refractivity contribution is 0.518. The van der Waals surface area contributed by atoms with Gasteiger partial charge < -0.3 is 5.32 Å². The summed E-state index contributed by atoms with van der Waals surface area (Å²) < 4.78 is 0. The van der Waals surface area contributed by atoms with Gasteiger partial charge in [0.2, 0.25) is 5.95 Å². The van der Waals surface area contributed by atoms with Gasteiger partial charge in [-0.2, -0.15) is 0 Å². The van der Waals surface area contributed by atoms with Gasteiger partial charge in [0.15, 0.2) is 0 Å². The van der Waals surface area contributed by atoms with E-state index < -0.39 is 0 Å². The summed E-state index contributed by atoms with van der Waals surface area (Å²) in [6, 6.07) is 1.84. The van der Waals surface area contributed by atoms with Gasteiger partial charge in [0.1, 0.15) is 0 Å². The summed E-state index contributed by atoms with van der Waals surface area (Å²) in [6.45, 7) is 1.01. The van der Waals surface area contributed by atoms with E-state index in [-0.39, 0.29) is 0 Å². The van der Waals surface area contributed by atoms with E-state index in [0.29, 0.717) is 0 Å². The molecule has 0 aromatic carbocycles. The Labute approximate surface area is 85.0 Å². The first kappa shape index (κ1) is 9.44. The summed E-state index contributed by atoms with van der Waals surface area (Å²) in [5.74, 6) is 1.69. The van der Waals surface area contributed by atoms with E-state index >= 15 is 0 Å². The van der Waals surface area contributed by atoms with Crippen LogP contribution in [0.1, 0.15) is 32.1 Å². The summed E-state index contributed by atoms with van der Waals surface area (Å²) >= 11 is 0. The van der Waals surface area contributed by atoms with Crippen molar-refractivity contribution in [3.63, 3.8) is 0 Å². The van der Waals surface area contributed by atoms with E-state index in [1.807, 2.05) is 6.07 Å². The van der Waals surface area contributed by atoms with Crippen LogP contribution in [-0.4, -0.2) is 16.5 Å². The molecule has 1 saturated carbocycles. The zero-order valence-corrected chi connectivity index (χ0v) is 8.45. The maximum absolute atomic E-state index is 4.12. The molecule has 1 aliphatic carbocycles. The molecular weight excluding hydrogens is 174 g/mol. The molecule has 76 valence electrons. The van der Waals surface area contributed by atoms with Gasteiger partial charge in [-0.15, -0.1) is 0 Å². The molecular formula is C11H17N3. The molecule has 0 bridgehead atoms. The predicted molar refractivity (Wildman–Crippen MR) is 57.1 cm³/mol. The molecule has 0 unspecified atom stereocenters. The summed E-state index contributed by atoms with van der Waals surface area (Å²) in [4.78, 5) is 8.24. The number of nitrogens with zero attached hydrogens (tertiary/aromatic N) is 2. The maximum atomic E-state index is 4.12. The number of anilines is 1. The van der Waals surface area contributed by atoms with Crippen LogP contribution < -0.4 is 5.32 Å². The van der Waals surface area contributed by atoms with Gasteiger partial charge in [-0.25, -0.2) is 9.97 Å². The van der Waals surface area contributed by atoms with E-state index in [1.54, 1.807) is 12.4 Å². The van der Waals surface area contributed by atoms with Crippen molar-refractivity contribution in [2.24, 2.45) is 5.92 Å². The van der Waals surface area contributed by atoms with Crippen LogP contribution in [0.15, 0.2) is 18.5 Å². The smallest absolute Gasteiger partial charge is 0.222 e. The molecule has 3 nitrogen and oxygen atoms in total. The molecule has 0 amide bonds. The van der Waals surface area contributed by atoms with Crippen LogP contribution in [0.3, 0.4) is 0 Å². The molecule has 1 heterocycles. The van der Waals surface area contributed by atoms with Crippen molar-refractivity contribution in [3.8, 4) is 0 Å². The molecule has 0 aliphatic heterocycles. The Kier molecular flexibility index (Phi) is 3.33. The normalized spacial score (nSPS) is 17.1. The molecule has 1 aliphatic rings. The average molecular weight is 191 g/mol. The number of nitrogens with one attached hydrogen (secondary N) is 1. The van der Waals surface area contributed by atoms with E-state index in [4.69, 9.17) is 0 Å². The van der Waals surface area contributed by atoms with Gasteiger partial charge >= 0.3 is 0 Å². The summed E-state index contributed by atoms with van der Waals surface area (Å²) in [5.41, 5.74) is 0. The second kappa shape index (κ2) is 4.94. The highest BCUT2D eigenvalue weighted by Crippen LogP contribution is 2.27. The van der Waals surface area contributed by atoms with Gasteiger partial charge in [-0.1, -0.05) is 25.7 Å². The van der Waals surface area contributed by atoms with Gasteiger partial charge in [0.05, 0.1) is 0 Å². The Hall–Kier alpha value is -1.12. The number of hydrogen-bond donors (Lipinski definition) is 1. The van der Waals surface area contributed by atoms with E-state index in [1.165, 1.54) is 32.1 Å². The number of aromatic nitrogens is 2. The molecule has 14 heavy (non-hydrogen) atoms. The fourth-order valence-corrected chi connectivity index (χ4v) is 2.08. The first-order valence-electron chi connectivity index (χ1n) is 5.46. The van der Waals surface area contributed by atoms with Crippen molar-refractivity contribution >= 4 is 5.95 Å². The highest BCUT2D eigenvalue weighted by molar-refractivity contribution is 5.21. The van der Waals surface area contributed by atoms with Crippen LogP contribution in [0.4, 0.5) is 5.95 Å². The van der Waals surface area contributed by atoms with Crippen LogP contribution in [0.25, 0.3) is 0 Å². The summed E-state index contributed by atoms with van der Waals surface area (Å²) in [6.07, 6.45) is 10.5. The maximum Gasteiger partial charge on any atom is 0.222 e. The SMILES string of the molecule is c1cnc(NCCC2CCCC2)nc1. The fraction of sp³-hybridized carbons (Fsp3) is 0.636. The molecule has 3 heteroatoms. The van der Waals surface area contributed by atoms with Crippen molar-refractivity contribution in [2.45, 2.75) is 32.1 Å². The van der Waals surface area contributed by atoms with Crippen LogP contribution in [0, 0.1) is 5.92 Å². The Morgan fingerprint density at radius 2 is 1.93 bits per heavy atom. The number of rotatable bonds is 4. The standard InChI is InChI=1S/C11H17N3/c1-2-5-10(4-1)6-9-14-11-12-7-3-8-13-11/h3,7-8,10H,1-2,4-6,9H2,(H,12,13,14). The highest BCUT2D eigenvalue weighted by Gasteiger charge is 2.13. The third-order valence-corrected chi connectivity index (χ3v) is 2.88. The Balaban J connectivity index is 1.67. The largest absolute Gasteiger partial charge is 0.354 e. The minimum absolute atomic E-state index is 0.755. The van der Waals surface area contributed by atoms with Gasteiger partial charge in [-0.3, -0.25) is 0 Å². The Morgan fingerprint density at radius 1 is 1.21 bits per heavy atom. The van der Waals surface area contributed by atoms with Gasteiger partial charge in [0.25, 0.3) is 0 Å². The Morgan fingerprint density at radius 3 is 2.64 bits per heavy atom. The molecule has 0 spiro atoms. The lowest BCUT2D eigenvalue weighted by Crippen LogP contribution is -2.08. The summed E-state index contributed by atoms with van der Waals surface area (Å²) in [5, 5.41) is 3.25. The Bertz CT molecular complexity index is 254. The molecule has 1 aromatic heterocycles. The first-order valence-corrected chi connectivity index (χ1v) is 5.46. The molecule has 2 rings (SSSR count). The third-order valence-electron chi connectivity index (χ3n) is 2.88. The number of hydrogen-bond acceptors (Lipinski definition) is 3. The van der Waals surface area contributed by atoms with Crippen molar-refractivity contribution < 1.29 is 0 Å². The summed E-state index contributed by atoms with van der Waals surface area (Å²) in [7, 11) is 0. The highest BCUT2D eigenvalue weighted by atomic mass is 15.1.